The van der Waals surface area contributed by atoms with E-state index in [2.05, 4.69) is 27.0 Å². The first kappa shape index (κ1) is 18.9. The minimum Gasteiger partial charge on any atom is -0.481 e. The first-order chi connectivity index (χ1) is 13.6. The molecule has 1 fully saturated rings. The van der Waals surface area contributed by atoms with Gasteiger partial charge in [-0.3, -0.25) is 9.78 Å². The van der Waals surface area contributed by atoms with Gasteiger partial charge in [-0.2, -0.15) is 0 Å². The number of amides is 1. The number of benzene rings is 2. The zero-order chi connectivity index (χ0) is 19.5. The van der Waals surface area contributed by atoms with Gasteiger partial charge in [-0.1, -0.05) is 34.1 Å². The molecular formula is C23H23BrN2O2. The van der Waals surface area contributed by atoms with Crippen LogP contribution in [0.2, 0.25) is 0 Å². The number of ether oxygens (including phenoxy) is 1. The molecule has 0 radical (unpaired) electrons. The van der Waals surface area contributed by atoms with Crippen molar-refractivity contribution in [2.75, 3.05) is 13.1 Å². The smallest absolute Gasteiger partial charge is 0.263 e. The number of hydrogen-bond acceptors (Lipinski definition) is 3. The Labute approximate surface area is 173 Å². The zero-order valence-electron chi connectivity index (χ0n) is 15.9. The largest absolute Gasteiger partial charge is 0.481 e. The van der Waals surface area contributed by atoms with Gasteiger partial charge < -0.3 is 9.64 Å². The number of halogens is 1. The van der Waals surface area contributed by atoms with Gasteiger partial charge in [0.1, 0.15) is 5.75 Å². The monoisotopic (exact) mass is 438 g/mol. The van der Waals surface area contributed by atoms with Crippen LogP contribution >= 0.6 is 15.9 Å². The summed E-state index contributed by atoms with van der Waals surface area (Å²) in [6.07, 6.45) is 4.67. The number of pyridine rings is 1. The van der Waals surface area contributed by atoms with Crippen LogP contribution in [0.3, 0.4) is 0 Å². The van der Waals surface area contributed by atoms with E-state index in [1.165, 1.54) is 6.42 Å². The highest BCUT2D eigenvalue weighted by molar-refractivity contribution is 9.10. The fourth-order valence-electron chi connectivity index (χ4n) is 3.74. The highest BCUT2D eigenvalue weighted by Crippen LogP contribution is 2.34. The van der Waals surface area contributed by atoms with Crippen molar-refractivity contribution in [3.8, 4) is 16.9 Å². The minimum atomic E-state index is -0.498. The van der Waals surface area contributed by atoms with Gasteiger partial charge >= 0.3 is 0 Å². The lowest BCUT2D eigenvalue weighted by Crippen LogP contribution is -2.43. The van der Waals surface area contributed by atoms with Gasteiger partial charge in [-0.05, 0) is 61.6 Å². The van der Waals surface area contributed by atoms with Crippen LogP contribution in [-0.2, 0) is 4.79 Å². The van der Waals surface area contributed by atoms with E-state index in [0.717, 1.165) is 52.4 Å². The van der Waals surface area contributed by atoms with E-state index in [4.69, 9.17) is 4.74 Å². The summed E-state index contributed by atoms with van der Waals surface area (Å²) in [7, 11) is 0. The van der Waals surface area contributed by atoms with Crippen molar-refractivity contribution in [3.05, 3.63) is 59.2 Å². The number of likely N-dealkylation sites (tertiary alicyclic amines) is 1. The number of rotatable bonds is 4. The molecule has 144 valence electrons. The quantitative estimate of drug-likeness (QED) is 0.544. The number of carbonyl (C=O) groups is 1. The summed E-state index contributed by atoms with van der Waals surface area (Å²) in [4.78, 5) is 19.0. The fraction of sp³-hybridized carbons (Fsp3) is 0.304. The second-order valence-electron chi connectivity index (χ2n) is 7.16. The van der Waals surface area contributed by atoms with E-state index in [9.17, 15) is 4.79 Å². The van der Waals surface area contributed by atoms with Crippen molar-refractivity contribution in [2.45, 2.75) is 32.3 Å². The average Bonchev–Trinajstić information content (AvgIpc) is 2.73. The third-order valence-electron chi connectivity index (χ3n) is 5.21. The van der Waals surface area contributed by atoms with Crippen molar-refractivity contribution in [2.24, 2.45) is 0 Å². The molecule has 0 saturated carbocycles. The number of aromatic nitrogens is 1. The predicted molar refractivity (Wildman–Crippen MR) is 115 cm³/mol. The Morgan fingerprint density at radius 1 is 1.07 bits per heavy atom. The summed E-state index contributed by atoms with van der Waals surface area (Å²) < 4.78 is 7.01. The molecule has 4 nitrogen and oxygen atoms in total. The van der Waals surface area contributed by atoms with Crippen LogP contribution < -0.4 is 4.74 Å². The molecule has 3 aromatic rings. The minimum absolute atomic E-state index is 0.0646. The summed E-state index contributed by atoms with van der Waals surface area (Å²) in [5.41, 5.74) is 3.09. The van der Waals surface area contributed by atoms with Gasteiger partial charge in [0.05, 0.1) is 5.52 Å². The normalized spacial score (nSPS) is 15.4. The van der Waals surface area contributed by atoms with Gasteiger partial charge in [-0.25, -0.2) is 0 Å². The maximum Gasteiger partial charge on any atom is 0.263 e. The van der Waals surface area contributed by atoms with Crippen molar-refractivity contribution in [1.29, 1.82) is 0 Å². The maximum atomic E-state index is 12.6. The van der Waals surface area contributed by atoms with Gasteiger partial charge in [0.25, 0.3) is 5.91 Å². The first-order valence-corrected chi connectivity index (χ1v) is 10.5. The molecule has 0 aliphatic carbocycles. The predicted octanol–water partition coefficient (Wildman–Crippen LogP) is 5.44. The zero-order valence-corrected chi connectivity index (χ0v) is 17.5. The van der Waals surface area contributed by atoms with E-state index in [1.54, 1.807) is 0 Å². The Morgan fingerprint density at radius 3 is 2.64 bits per heavy atom. The third kappa shape index (κ3) is 3.90. The van der Waals surface area contributed by atoms with Crippen LogP contribution in [0.1, 0.15) is 26.2 Å². The number of hydrogen-bond donors (Lipinski definition) is 0. The molecule has 2 heterocycles. The molecule has 0 bridgehead atoms. The van der Waals surface area contributed by atoms with E-state index >= 15 is 0 Å². The highest BCUT2D eigenvalue weighted by atomic mass is 79.9. The lowest BCUT2D eigenvalue weighted by atomic mass is 10.0. The Hall–Kier alpha value is -2.40. The first-order valence-electron chi connectivity index (χ1n) is 9.72. The lowest BCUT2D eigenvalue weighted by Gasteiger charge is -2.29. The molecule has 4 rings (SSSR count). The summed E-state index contributed by atoms with van der Waals surface area (Å²) in [6, 6.07) is 16.0. The van der Waals surface area contributed by atoms with Crippen molar-refractivity contribution < 1.29 is 9.53 Å². The van der Waals surface area contributed by atoms with Crippen LogP contribution in [-0.4, -0.2) is 35.0 Å². The summed E-state index contributed by atoms with van der Waals surface area (Å²) in [5.74, 6) is 0.733. The van der Waals surface area contributed by atoms with Crippen LogP contribution in [0.15, 0.2) is 59.2 Å². The van der Waals surface area contributed by atoms with Gasteiger partial charge in [-0.15, -0.1) is 0 Å². The van der Waals surface area contributed by atoms with E-state index in [1.807, 2.05) is 60.5 Å². The standard InChI is InChI=1S/C23H23BrN2O2/c1-16(23(27)26-13-5-2-6-14-26)28-17-9-10-20-18(11-12-25-22(20)15-17)19-7-3-4-8-21(19)24/h3-4,7-12,15-16H,2,5-6,13-14H2,1H3. The van der Waals surface area contributed by atoms with E-state index in [-0.39, 0.29) is 5.91 Å². The molecule has 5 heteroatoms. The molecule has 1 aromatic heterocycles. The van der Waals surface area contributed by atoms with Gasteiger partial charge in [0.2, 0.25) is 0 Å². The molecule has 28 heavy (non-hydrogen) atoms. The molecule has 1 aliphatic rings. The SMILES string of the molecule is CC(Oc1ccc2c(-c3ccccc3Br)ccnc2c1)C(=O)N1CCCCC1. The number of fused-ring (bicyclic) bond motifs is 1. The second-order valence-corrected chi connectivity index (χ2v) is 8.02. The van der Waals surface area contributed by atoms with E-state index in [0.29, 0.717) is 5.75 Å². The van der Waals surface area contributed by atoms with Crippen LogP contribution in [0.5, 0.6) is 5.75 Å². The van der Waals surface area contributed by atoms with Crippen LogP contribution in [0.25, 0.3) is 22.0 Å². The van der Waals surface area contributed by atoms with Crippen molar-refractivity contribution >= 4 is 32.7 Å². The lowest BCUT2D eigenvalue weighted by molar-refractivity contribution is -0.138. The molecule has 0 N–H and O–H groups in total. The molecule has 1 saturated heterocycles. The second kappa shape index (κ2) is 8.31. The number of carbonyl (C=O) groups excluding carboxylic acids is 1. The third-order valence-corrected chi connectivity index (χ3v) is 5.90. The van der Waals surface area contributed by atoms with Gasteiger partial charge in [0.15, 0.2) is 6.10 Å². The van der Waals surface area contributed by atoms with Crippen LogP contribution in [0.4, 0.5) is 0 Å². The van der Waals surface area contributed by atoms with Gasteiger partial charge in [0, 0.05) is 35.2 Å². The number of piperidine rings is 1. The molecule has 1 unspecified atom stereocenters. The molecule has 0 spiro atoms. The summed E-state index contributed by atoms with van der Waals surface area (Å²) >= 11 is 3.63. The molecule has 1 amide bonds. The molecule has 2 aromatic carbocycles. The molecular weight excluding hydrogens is 416 g/mol. The Morgan fingerprint density at radius 2 is 1.86 bits per heavy atom. The Balaban J connectivity index is 1.58. The Kier molecular flexibility index (Phi) is 5.62. The summed E-state index contributed by atoms with van der Waals surface area (Å²) in [6.45, 7) is 3.49. The van der Waals surface area contributed by atoms with E-state index < -0.39 is 6.10 Å². The topological polar surface area (TPSA) is 42.4 Å². The average molecular weight is 439 g/mol. The molecule has 1 aliphatic heterocycles. The van der Waals surface area contributed by atoms with Crippen molar-refractivity contribution in [1.82, 2.24) is 9.88 Å². The summed E-state index contributed by atoms with van der Waals surface area (Å²) in [5, 5.41) is 1.05. The molecule has 1 atom stereocenters. The Bertz CT molecular complexity index is 999. The van der Waals surface area contributed by atoms with Crippen molar-refractivity contribution in [3.63, 3.8) is 0 Å². The number of nitrogens with zero attached hydrogens (tertiary/aromatic N) is 2. The fourth-order valence-corrected chi connectivity index (χ4v) is 4.24. The van der Waals surface area contributed by atoms with Crippen LogP contribution in [0, 0.1) is 0 Å². The maximum absolute atomic E-state index is 12.6. The highest BCUT2D eigenvalue weighted by Gasteiger charge is 2.23.